The van der Waals surface area contributed by atoms with Crippen molar-refractivity contribution in [1.82, 2.24) is 10.6 Å². The van der Waals surface area contributed by atoms with Crippen LogP contribution in [0.4, 0.5) is 0 Å². The van der Waals surface area contributed by atoms with Gasteiger partial charge >= 0.3 is 0 Å². The summed E-state index contributed by atoms with van der Waals surface area (Å²) >= 11 is 5.73. The first-order chi connectivity index (χ1) is 8.63. The Hall–Kier alpha value is -1.75. The van der Waals surface area contributed by atoms with Crippen LogP contribution in [-0.4, -0.2) is 31.0 Å². The molecule has 0 spiro atoms. The second kappa shape index (κ2) is 5.73. The van der Waals surface area contributed by atoms with E-state index >= 15 is 0 Å². The standard InChI is InChI=1S/C12H13ClN2O3/c13-8-1-3-10(4-2-8)18-7-12(17)15-9-5-11(16)14-6-9/h1-4,9H,5-7H2,(H,14,16)(H,15,17)/t9-/m1/s1. The van der Waals surface area contributed by atoms with Crippen molar-refractivity contribution >= 4 is 23.4 Å². The highest BCUT2D eigenvalue weighted by molar-refractivity contribution is 6.30. The molecule has 1 aliphatic rings. The van der Waals surface area contributed by atoms with E-state index in [4.69, 9.17) is 16.3 Å². The van der Waals surface area contributed by atoms with Gasteiger partial charge in [0, 0.05) is 18.0 Å². The van der Waals surface area contributed by atoms with Crippen LogP contribution in [0.25, 0.3) is 0 Å². The van der Waals surface area contributed by atoms with Crippen LogP contribution in [-0.2, 0) is 9.59 Å². The molecule has 2 N–H and O–H groups in total. The van der Waals surface area contributed by atoms with Crippen LogP contribution in [0.3, 0.4) is 0 Å². The van der Waals surface area contributed by atoms with Gasteiger partial charge in [-0.05, 0) is 24.3 Å². The molecule has 2 amide bonds. The summed E-state index contributed by atoms with van der Waals surface area (Å²) in [5, 5.41) is 5.98. The minimum Gasteiger partial charge on any atom is -0.484 e. The summed E-state index contributed by atoms with van der Waals surface area (Å²) < 4.78 is 5.28. The van der Waals surface area contributed by atoms with Gasteiger partial charge in [0.25, 0.3) is 5.91 Å². The number of amides is 2. The van der Waals surface area contributed by atoms with Crippen LogP contribution in [0.15, 0.2) is 24.3 Å². The minimum atomic E-state index is -0.244. The molecule has 6 heteroatoms. The molecule has 96 valence electrons. The SMILES string of the molecule is O=C1C[C@@H](NC(=O)COc2ccc(Cl)cc2)CN1. The van der Waals surface area contributed by atoms with Crippen molar-refractivity contribution in [3.05, 3.63) is 29.3 Å². The molecule has 1 aromatic rings. The molecular formula is C12H13ClN2O3. The van der Waals surface area contributed by atoms with Crippen LogP contribution in [0.5, 0.6) is 5.75 Å². The monoisotopic (exact) mass is 268 g/mol. The molecule has 1 fully saturated rings. The van der Waals surface area contributed by atoms with Gasteiger partial charge < -0.3 is 15.4 Å². The molecule has 0 radical (unpaired) electrons. The van der Waals surface area contributed by atoms with Crippen molar-refractivity contribution in [2.24, 2.45) is 0 Å². The molecule has 5 nitrogen and oxygen atoms in total. The summed E-state index contributed by atoms with van der Waals surface area (Å²) in [5.74, 6) is 0.292. The first-order valence-electron chi connectivity index (χ1n) is 5.58. The largest absolute Gasteiger partial charge is 0.484 e. The van der Waals surface area contributed by atoms with E-state index in [0.717, 1.165) is 0 Å². The fraction of sp³-hybridized carbons (Fsp3) is 0.333. The van der Waals surface area contributed by atoms with E-state index in [-0.39, 0.29) is 24.5 Å². The van der Waals surface area contributed by atoms with E-state index in [1.807, 2.05) is 0 Å². The zero-order valence-corrected chi connectivity index (χ0v) is 10.4. The highest BCUT2D eigenvalue weighted by atomic mass is 35.5. The first-order valence-corrected chi connectivity index (χ1v) is 5.96. The van der Waals surface area contributed by atoms with Crippen LogP contribution in [0.1, 0.15) is 6.42 Å². The minimum absolute atomic E-state index is 0.0427. The van der Waals surface area contributed by atoms with Crippen LogP contribution >= 0.6 is 11.6 Å². The molecule has 0 bridgehead atoms. The topological polar surface area (TPSA) is 67.4 Å². The Morgan fingerprint density at radius 3 is 2.78 bits per heavy atom. The summed E-state index contributed by atoms with van der Waals surface area (Å²) in [6, 6.07) is 6.62. The van der Waals surface area contributed by atoms with Gasteiger partial charge in [-0.25, -0.2) is 0 Å². The Kier molecular flexibility index (Phi) is 4.04. The molecular weight excluding hydrogens is 256 g/mol. The lowest BCUT2D eigenvalue weighted by Crippen LogP contribution is -2.39. The van der Waals surface area contributed by atoms with E-state index in [1.165, 1.54) is 0 Å². The Morgan fingerprint density at radius 2 is 2.17 bits per heavy atom. The van der Waals surface area contributed by atoms with Crippen LogP contribution in [0, 0.1) is 0 Å². The molecule has 1 aromatic carbocycles. The third-order valence-electron chi connectivity index (χ3n) is 2.53. The molecule has 0 aliphatic carbocycles. The maximum absolute atomic E-state index is 11.5. The summed E-state index contributed by atoms with van der Waals surface area (Å²) in [6.07, 6.45) is 0.326. The number of ether oxygens (including phenoxy) is 1. The zero-order chi connectivity index (χ0) is 13.0. The lowest BCUT2D eigenvalue weighted by Gasteiger charge is -2.11. The number of hydrogen-bond donors (Lipinski definition) is 2. The Balaban J connectivity index is 1.74. The first kappa shape index (κ1) is 12.7. The second-order valence-electron chi connectivity index (χ2n) is 4.02. The fourth-order valence-electron chi connectivity index (χ4n) is 1.66. The number of nitrogens with one attached hydrogen (secondary N) is 2. The van der Waals surface area contributed by atoms with E-state index in [2.05, 4.69) is 10.6 Å². The lowest BCUT2D eigenvalue weighted by molar-refractivity contribution is -0.123. The van der Waals surface area contributed by atoms with E-state index in [0.29, 0.717) is 23.7 Å². The Labute approximate surface area is 109 Å². The summed E-state index contributed by atoms with van der Waals surface area (Å²) in [7, 11) is 0. The van der Waals surface area contributed by atoms with Gasteiger partial charge in [-0.1, -0.05) is 11.6 Å². The molecule has 1 aliphatic heterocycles. The van der Waals surface area contributed by atoms with Crippen molar-refractivity contribution in [3.63, 3.8) is 0 Å². The third-order valence-corrected chi connectivity index (χ3v) is 2.78. The molecule has 0 unspecified atom stereocenters. The second-order valence-corrected chi connectivity index (χ2v) is 4.45. The van der Waals surface area contributed by atoms with Crippen LogP contribution < -0.4 is 15.4 Å². The van der Waals surface area contributed by atoms with Gasteiger partial charge in [0.05, 0.1) is 6.04 Å². The summed E-state index contributed by atoms with van der Waals surface area (Å²) in [5.41, 5.74) is 0. The predicted molar refractivity (Wildman–Crippen MR) is 66.5 cm³/mol. The molecule has 1 saturated heterocycles. The van der Waals surface area contributed by atoms with E-state index in [9.17, 15) is 9.59 Å². The van der Waals surface area contributed by atoms with Crippen molar-refractivity contribution in [1.29, 1.82) is 0 Å². The van der Waals surface area contributed by atoms with Gasteiger partial charge in [-0.2, -0.15) is 0 Å². The van der Waals surface area contributed by atoms with Gasteiger partial charge in [0.2, 0.25) is 5.91 Å². The lowest BCUT2D eigenvalue weighted by atomic mass is 10.2. The number of hydrogen-bond acceptors (Lipinski definition) is 3. The number of carbonyl (C=O) groups excluding carboxylic acids is 2. The highest BCUT2D eigenvalue weighted by Crippen LogP contribution is 2.15. The van der Waals surface area contributed by atoms with Crippen molar-refractivity contribution in [3.8, 4) is 5.75 Å². The van der Waals surface area contributed by atoms with Crippen molar-refractivity contribution in [2.45, 2.75) is 12.5 Å². The number of rotatable bonds is 4. The van der Waals surface area contributed by atoms with E-state index < -0.39 is 0 Å². The summed E-state index contributed by atoms with van der Waals surface area (Å²) in [6.45, 7) is 0.401. The number of halogens is 1. The van der Waals surface area contributed by atoms with E-state index in [1.54, 1.807) is 24.3 Å². The highest BCUT2D eigenvalue weighted by Gasteiger charge is 2.22. The maximum Gasteiger partial charge on any atom is 0.258 e. The average Bonchev–Trinajstić information content (AvgIpc) is 2.74. The van der Waals surface area contributed by atoms with Crippen molar-refractivity contribution in [2.75, 3.05) is 13.2 Å². The predicted octanol–water partition coefficient (Wildman–Crippen LogP) is 0.723. The molecule has 2 rings (SSSR count). The van der Waals surface area contributed by atoms with Crippen molar-refractivity contribution < 1.29 is 14.3 Å². The van der Waals surface area contributed by atoms with Gasteiger partial charge in [-0.15, -0.1) is 0 Å². The van der Waals surface area contributed by atoms with Gasteiger partial charge in [-0.3, -0.25) is 9.59 Å². The third kappa shape index (κ3) is 3.63. The Morgan fingerprint density at radius 1 is 1.44 bits per heavy atom. The smallest absolute Gasteiger partial charge is 0.258 e. The Bertz CT molecular complexity index is 447. The fourth-order valence-corrected chi connectivity index (χ4v) is 1.78. The van der Waals surface area contributed by atoms with Gasteiger partial charge in [0.15, 0.2) is 6.61 Å². The quantitative estimate of drug-likeness (QED) is 0.846. The number of carbonyl (C=O) groups is 2. The summed E-state index contributed by atoms with van der Waals surface area (Å²) in [4.78, 5) is 22.5. The van der Waals surface area contributed by atoms with Gasteiger partial charge in [0.1, 0.15) is 5.75 Å². The molecule has 1 atom stereocenters. The molecule has 18 heavy (non-hydrogen) atoms. The normalized spacial score (nSPS) is 18.3. The van der Waals surface area contributed by atoms with Crippen LogP contribution in [0.2, 0.25) is 5.02 Å². The molecule has 0 aromatic heterocycles. The average molecular weight is 269 g/mol. The molecule has 0 saturated carbocycles. The number of benzene rings is 1. The maximum atomic E-state index is 11.5. The zero-order valence-electron chi connectivity index (χ0n) is 9.61. The molecule has 1 heterocycles.